The van der Waals surface area contributed by atoms with Crippen LogP contribution in [0.3, 0.4) is 0 Å². The van der Waals surface area contributed by atoms with Gasteiger partial charge in [-0.15, -0.1) is 0 Å². The summed E-state index contributed by atoms with van der Waals surface area (Å²) in [5, 5.41) is 7.50. The average molecular weight is 474 g/mol. The fraction of sp³-hybridized carbons (Fsp3) is 0.304. The summed E-state index contributed by atoms with van der Waals surface area (Å²) < 4.78 is 18.3. The number of hydrogen-bond donors (Lipinski definition) is 2. The average Bonchev–Trinajstić information content (AvgIpc) is 2.77. The van der Waals surface area contributed by atoms with Crippen molar-refractivity contribution in [1.82, 2.24) is 9.97 Å². The first-order valence-corrected chi connectivity index (χ1v) is 13.4. The van der Waals surface area contributed by atoms with Crippen molar-refractivity contribution >= 4 is 52.9 Å². The molecule has 2 N–H and O–H groups in total. The number of benzene rings is 2. The summed E-state index contributed by atoms with van der Waals surface area (Å²) >= 11 is 6.35. The molecule has 7 nitrogen and oxygen atoms in total. The SMILES string of the molecule is CCN(CC)c1ccc(Nc2ncc(Cl)c(Nc3ccccc3P(C)(C)=O)n2)c(OC)c1. The maximum Gasteiger partial charge on any atom is 0.229 e. The Hall–Kier alpha value is -2.76. The number of para-hydroxylation sites is 1. The molecule has 0 aliphatic heterocycles. The molecule has 2 aromatic carbocycles. The van der Waals surface area contributed by atoms with E-state index in [4.69, 9.17) is 16.3 Å². The molecular formula is C23H29ClN5O2P. The quantitative estimate of drug-likeness (QED) is 0.385. The Morgan fingerprint density at radius 2 is 1.78 bits per heavy atom. The van der Waals surface area contributed by atoms with Crippen LogP contribution in [0.2, 0.25) is 5.02 Å². The number of hydrogen-bond acceptors (Lipinski definition) is 7. The highest BCUT2D eigenvalue weighted by atomic mass is 35.5. The van der Waals surface area contributed by atoms with Gasteiger partial charge in [0.15, 0.2) is 5.82 Å². The second-order valence-corrected chi connectivity index (χ2v) is 11.2. The van der Waals surface area contributed by atoms with E-state index in [1.807, 2.05) is 42.5 Å². The monoisotopic (exact) mass is 473 g/mol. The van der Waals surface area contributed by atoms with Gasteiger partial charge in [-0.1, -0.05) is 23.7 Å². The molecule has 0 radical (unpaired) electrons. The highest BCUT2D eigenvalue weighted by molar-refractivity contribution is 7.70. The number of rotatable bonds is 9. The smallest absolute Gasteiger partial charge is 0.229 e. The number of nitrogens with zero attached hydrogens (tertiary/aromatic N) is 3. The second kappa shape index (κ2) is 10.2. The van der Waals surface area contributed by atoms with Crippen LogP contribution in [0.15, 0.2) is 48.7 Å². The van der Waals surface area contributed by atoms with E-state index < -0.39 is 7.14 Å². The number of nitrogens with one attached hydrogen (secondary N) is 2. The zero-order valence-electron chi connectivity index (χ0n) is 19.0. The summed E-state index contributed by atoms with van der Waals surface area (Å²) in [5.74, 6) is 1.47. The molecule has 9 heteroatoms. The van der Waals surface area contributed by atoms with Gasteiger partial charge in [-0.2, -0.15) is 4.98 Å². The van der Waals surface area contributed by atoms with Crippen LogP contribution in [-0.4, -0.2) is 43.5 Å². The van der Waals surface area contributed by atoms with Crippen LogP contribution in [0, 0.1) is 0 Å². The first-order chi connectivity index (χ1) is 15.3. The van der Waals surface area contributed by atoms with E-state index in [9.17, 15) is 4.57 Å². The normalized spacial score (nSPS) is 11.2. The fourth-order valence-electron chi connectivity index (χ4n) is 3.38. The Balaban J connectivity index is 1.90. The molecule has 3 aromatic rings. The van der Waals surface area contributed by atoms with Gasteiger partial charge in [-0.05, 0) is 51.4 Å². The van der Waals surface area contributed by atoms with E-state index >= 15 is 0 Å². The van der Waals surface area contributed by atoms with Crippen molar-refractivity contribution in [3.05, 3.63) is 53.7 Å². The second-order valence-electron chi connectivity index (χ2n) is 7.57. The lowest BCUT2D eigenvalue weighted by molar-refractivity contribution is 0.417. The summed E-state index contributed by atoms with van der Waals surface area (Å²) in [6.07, 6.45) is 1.52. The molecule has 32 heavy (non-hydrogen) atoms. The van der Waals surface area contributed by atoms with E-state index in [1.165, 1.54) is 6.20 Å². The molecule has 3 rings (SSSR count). The number of halogens is 1. The molecule has 0 spiro atoms. The third kappa shape index (κ3) is 5.53. The molecule has 0 amide bonds. The van der Waals surface area contributed by atoms with Gasteiger partial charge in [0.1, 0.15) is 17.9 Å². The van der Waals surface area contributed by atoms with Gasteiger partial charge in [0.25, 0.3) is 0 Å². The van der Waals surface area contributed by atoms with Crippen molar-refractivity contribution in [1.29, 1.82) is 0 Å². The van der Waals surface area contributed by atoms with Crippen LogP contribution in [0.1, 0.15) is 13.8 Å². The molecule has 0 saturated carbocycles. The zero-order chi connectivity index (χ0) is 23.3. The Labute approximate surface area is 194 Å². The van der Waals surface area contributed by atoms with E-state index in [0.717, 1.165) is 29.8 Å². The Morgan fingerprint density at radius 1 is 1.06 bits per heavy atom. The predicted octanol–water partition coefficient (Wildman–Crippen LogP) is 5.72. The fourth-order valence-corrected chi connectivity index (χ4v) is 4.67. The lowest BCUT2D eigenvalue weighted by atomic mass is 10.2. The molecule has 0 bridgehead atoms. The maximum absolute atomic E-state index is 12.7. The maximum atomic E-state index is 12.7. The van der Waals surface area contributed by atoms with Gasteiger partial charge in [-0.25, -0.2) is 4.98 Å². The minimum Gasteiger partial charge on any atom is -0.494 e. The molecule has 1 aromatic heterocycles. The van der Waals surface area contributed by atoms with Crippen LogP contribution in [0.25, 0.3) is 0 Å². The van der Waals surface area contributed by atoms with Gasteiger partial charge in [0.05, 0.1) is 24.7 Å². The molecule has 1 heterocycles. The van der Waals surface area contributed by atoms with Crippen molar-refractivity contribution in [2.75, 3.05) is 49.1 Å². The van der Waals surface area contributed by atoms with Crippen molar-refractivity contribution in [2.24, 2.45) is 0 Å². The highest BCUT2D eigenvalue weighted by Gasteiger charge is 2.17. The molecular weight excluding hydrogens is 445 g/mol. The zero-order valence-corrected chi connectivity index (χ0v) is 20.7. The third-order valence-corrected chi connectivity index (χ3v) is 6.87. The van der Waals surface area contributed by atoms with Crippen molar-refractivity contribution in [3.8, 4) is 5.75 Å². The highest BCUT2D eigenvalue weighted by Crippen LogP contribution is 2.39. The number of methoxy groups -OCH3 is 1. The summed E-state index contributed by atoms with van der Waals surface area (Å²) in [7, 11) is -0.857. The van der Waals surface area contributed by atoms with E-state index in [-0.39, 0.29) is 0 Å². The van der Waals surface area contributed by atoms with Crippen molar-refractivity contribution in [3.63, 3.8) is 0 Å². The van der Waals surface area contributed by atoms with Gasteiger partial charge >= 0.3 is 0 Å². The molecule has 0 aliphatic carbocycles. The number of aromatic nitrogens is 2. The lowest BCUT2D eigenvalue weighted by Gasteiger charge is -2.22. The third-order valence-electron chi connectivity index (χ3n) is 5.04. The van der Waals surface area contributed by atoms with Crippen LogP contribution in [0.5, 0.6) is 5.75 Å². The lowest BCUT2D eigenvalue weighted by Crippen LogP contribution is -2.21. The van der Waals surface area contributed by atoms with Crippen LogP contribution < -0.4 is 25.6 Å². The topological polar surface area (TPSA) is 79.4 Å². The van der Waals surface area contributed by atoms with Crippen LogP contribution in [-0.2, 0) is 4.57 Å². The predicted molar refractivity (Wildman–Crippen MR) is 136 cm³/mol. The standard InChI is InChI=1S/C23H29ClN5O2P/c1-6-29(7-2)16-12-13-18(20(14-16)31-3)27-23-25-15-17(24)22(28-23)26-19-10-8-9-11-21(19)32(4,5)30/h8-15H,6-7H2,1-5H3,(H2,25,26,27,28). The summed E-state index contributed by atoms with van der Waals surface area (Å²) in [4.78, 5) is 11.1. The van der Waals surface area contributed by atoms with E-state index in [1.54, 1.807) is 20.4 Å². The Kier molecular flexibility index (Phi) is 7.64. The summed E-state index contributed by atoms with van der Waals surface area (Å²) in [5.41, 5.74) is 2.52. The minimum absolute atomic E-state index is 0.358. The van der Waals surface area contributed by atoms with Crippen molar-refractivity contribution < 1.29 is 9.30 Å². The Morgan fingerprint density at radius 3 is 2.44 bits per heavy atom. The minimum atomic E-state index is -2.49. The molecule has 0 aliphatic rings. The van der Waals surface area contributed by atoms with Gasteiger partial charge < -0.3 is 24.8 Å². The van der Waals surface area contributed by atoms with Crippen LogP contribution in [0.4, 0.5) is 28.8 Å². The molecule has 0 saturated heterocycles. The first-order valence-electron chi connectivity index (χ1n) is 10.4. The molecule has 170 valence electrons. The largest absolute Gasteiger partial charge is 0.494 e. The summed E-state index contributed by atoms with van der Waals surface area (Å²) in [6.45, 7) is 9.52. The van der Waals surface area contributed by atoms with Gasteiger partial charge in [0.2, 0.25) is 5.95 Å². The van der Waals surface area contributed by atoms with E-state index in [0.29, 0.717) is 28.2 Å². The van der Waals surface area contributed by atoms with Crippen LogP contribution >= 0.6 is 18.7 Å². The van der Waals surface area contributed by atoms with E-state index in [2.05, 4.69) is 39.3 Å². The first kappa shape index (κ1) is 23.9. The molecule has 0 atom stereocenters. The summed E-state index contributed by atoms with van der Waals surface area (Å²) in [6, 6.07) is 13.4. The number of anilines is 5. The Bertz CT molecular complexity index is 1130. The van der Waals surface area contributed by atoms with Gasteiger partial charge in [-0.3, -0.25) is 0 Å². The van der Waals surface area contributed by atoms with Crippen molar-refractivity contribution in [2.45, 2.75) is 13.8 Å². The molecule has 0 unspecified atom stereocenters. The molecule has 0 fully saturated rings. The number of ether oxygens (including phenoxy) is 1. The van der Waals surface area contributed by atoms with Gasteiger partial charge in [0, 0.05) is 30.1 Å².